The van der Waals surface area contributed by atoms with Crippen molar-refractivity contribution in [3.8, 4) is 0 Å². The summed E-state index contributed by atoms with van der Waals surface area (Å²) in [6.45, 7) is 0.988. The van der Waals surface area contributed by atoms with Gasteiger partial charge in [0.1, 0.15) is 10.4 Å². The lowest BCUT2D eigenvalue weighted by Gasteiger charge is -2.12. The molecule has 90 valence electrons. The molecule has 1 N–H and O–H groups in total. The fraction of sp³-hybridized carbons (Fsp3) is 0.750. The summed E-state index contributed by atoms with van der Waals surface area (Å²) in [4.78, 5) is 4.63. The Kier molecular flexibility index (Phi) is 4.03. The molecule has 0 bridgehead atoms. The van der Waals surface area contributed by atoms with E-state index in [0.29, 0.717) is 0 Å². The topological polar surface area (TPSA) is 29.9 Å². The molecule has 0 radical (unpaired) electrons. The molecule has 4 heteroatoms. The highest BCUT2D eigenvalue weighted by Gasteiger charge is 2.24. The summed E-state index contributed by atoms with van der Waals surface area (Å²) < 4.78 is 3.35. The SMILES string of the molecule is CNCCc1nc(Br)c(C2CCCC2)n1C. The van der Waals surface area contributed by atoms with E-state index in [1.807, 2.05) is 7.05 Å². The van der Waals surface area contributed by atoms with Gasteiger partial charge in [-0.1, -0.05) is 12.8 Å². The van der Waals surface area contributed by atoms with E-state index < -0.39 is 0 Å². The largest absolute Gasteiger partial charge is 0.334 e. The van der Waals surface area contributed by atoms with Gasteiger partial charge in [0.2, 0.25) is 0 Å². The fourth-order valence-corrected chi connectivity index (χ4v) is 3.42. The van der Waals surface area contributed by atoms with E-state index in [4.69, 9.17) is 0 Å². The van der Waals surface area contributed by atoms with Crippen molar-refractivity contribution < 1.29 is 0 Å². The molecule has 0 atom stereocenters. The standard InChI is InChI=1S/C12H20BrN3/c1-14-8-7-10-15-12(13)11(16(10)2)9-5-3-4-6-9/h9,14H,3-8H2,1-2H3. The monoisotopic (exact) mass is 285 g/mol. The summed E-state index contributed by atoms with van der Waals surface area (Å²) in [7, 11) is 4.13. The number of imidazole rings is 1. The molecule has 16 heavy (non-hydrogen) atoms. The summed E-state index contributed by atoms with van der Waals surface area (Å²) in [5, 5.41) is 3.17. The first-order chi connectivity index (χ1) is 7.74. The predicted octanol–water partition coefficient (Wildman–Crippen LogP) is 2.60. The number of hydrogen-bond acceptors (Lipinski definition) is 2. The first-order valence-corrected chi connectivity index (χ1v) is 6.89. The molecule has 3 nitrogen and oxygen atoms in total. The van der Waals surface area contributed by atoms with Crippen LogP contribution in [0.5, 0.6) is 0 Å². The Morgan fingerprint density at radius 3 is 2.75 bits per heavy atom. The summed E-state index contributed by atoms with van der Waals surface area (Å²) in [6.07, 6.45) is 6.38. The summed E-state index contributed by atoms with van der Waals surface area (Å²) in [5.74, 6) is 1.90. The average Bonchev–Trinajstić information content (AvgIpc) is 2.85. The van der Waals surface area contributed by atoms with Crippen LogP contribution in [0.4, 0.5) is 0 Å². The molecule has 0 spiro atoms. The summed E-state index contributed by atoms with van der Waals surface area (Å²) in [5.41, 5.74) is 1.41. The van der Waals surface area contributed by atoms with Gasteiger partial charge in [0.05, 0.1) is 5.69 Å². The van der Waals surface area contributed by atoms with Crippen molar-refractivity contribution in [3.63, 3.8) is 0 Å². The number of aromatic nitrogens is 2. The Balaban J connectivity index is 2.20. The third-order valence-corrected chi connectivity index (χ3v) is 4.11. The quantitative estimate of drug-likeness (QED) is 0.922. The van der Waals surface area contributed by atoms with E-state index >= 15 is 0 Å². The summed E-state index contributed by atoms with van der Waals surface area (Å²) >= 11 is 3.62. The summed E-state index contributed by atoms with van der Waals surface area (Å²) in [6, 6.07) is 0. The maximum Gasteiger partial charge on any atom is 0.127 e. The van der Waals surface area contributed by atoms with Crippen LogP contribution in [0.25, 0.3) is 0 Å². The van der Waals surface area contributed by atoms with Crippen molar-refractivity contribution in [2.75, 3.05) is 13.6 Å². The van der Waals surface area contributed by atoms with Crippen molar-refractivity contribution in [2.24, 2.45) is 7.05 Å². The number of likely N-dealkylation sites (N-methyl/N-ethyl adjacent to an activating group) is 1. The van der Waals surface area contributed by atoms with Gasteiger partial charge in [-0.05, 0) is 35.8 Å². The second-order valence-electron chi connectivity index (χ2n) is 4.60. The maximum absolute atomic E-state index is 4.63. The Morgan fingerprint density at radius 2 is 2.12 bits per heavy atom. The lowest BCUT2D eigenvalue weighted by molar-refractivity contribution is 0.631. The minimum atomic E-state index is 0.718. The van der Waals surface area contributed by atoms with Crippen LogP contribution in [-0.4, -0.2) is 23.1 Å². The van der Waals surface area contributed by atoms with Gasteiger partial charge >= 0.3 is 0 Å². The zero-order valence-corrected chi connectivity index (χ0v) is 11.7. The van der Waals surface area contributed by atoms with E-state index in [1.54, 1.807) is 0 Å². The van der Waals surface area contributed by atoms with E-state index in [1.165, 1.54) is 37.2 Å². The third-order valence-electron chi connectivity index (χ3n) is 3.53. The Morgan fingerprint density at radius 1 is 1.44 bits per heavy atom. The molecule has 1 aromatic heterocycles. The van der Waals surface area contributed by atoms with Crippen molar-refractivity contribution in [3.05, 3.63) is 16.1 Å². The molecule has 1 heterocycles. The molecule has 1 fully saturated rings. The fourth-order valence-electron chi connectivity index (χ4n) is 2.62. The highest BCUT2D eigenvalue weighted by atomic mass is 79.9. The lowest BCUT2D eigenvalue weighted by atomic mass is 10.1. The van der Waals surface area contributed by atoms with Gasteiger partial charge in [0, 0.05) is 25.9 Å². The second-order valence-corrected chi connectivity index (χ2v) is 5.35. The number of rotatable bonds is 4. The van der Waals surface area contributed by atoms with Crippen LogP contribution in [-0.2, 0) is 13.5 Å². The van der Waals surface area contributed by atoms with Crippen LogP contribution in [0.3, 0.4) is 0 Å². The van der Waals surface area contributed by atoms with Gasteiger partial charge in [-0.25, -0.2) is 4.98 Å². The molecule has 0 saturated heterocycles. The molecule has 1 aliphatic rings. The van der Waals surface area contributed by atoms with E-state index in [9.17, 15) is 0 Å². The van der Waals surface area contributed by atoms with Crippen molar-refractivity contribution in [2.45, 2.75) is 38.0 Å². The lowest BCUT2D eigenvalue weighted by Crippen LogP contribution is -2.14. The number of nitrogens with one attached hydrogen (secondary N) is 1. The van der Waals surface area contributed by atoms with E-state index in [2.05, 4.69) is 37.8 Å². The van der Waals surface area contributed by atoms with Gasteiger partial charge in [0.25, 0.3) is 0 Å². The third kappa shape index (κ3) is 2.33. The first-order valence-electron chi connectivity index (χ1n) is 6.09. The average molecular weight is 286 g/mol. The highest BCUT2D eigenvalue weighted by Crippen LogP contribution is 2.37. The maximum atomic E-state index is 4.63. The second kappa shape index (κ2) is 5.32. The number of nitrogens with zero attached hydrogens (tertiary/aromatic N) is 2. The van der Waals surface area contributed by atoms with Crippen molar-refractivity contribution in [1.82, 2.24) is 14.9 Å². The predicted molar refractivity (Wildman–Crippen MR) is 69.7 cm³/mol. The Labute approximate surface area is 106 Å². The molecule has 0 aromatic carbocycles. The van der Waals surface area contributed by atoms with Crippen LogP contribution in [0.2, 0.25) is 0 Å². The smallest absolute Gasteiger partial charge is 0.127 e. The molecule has 1 aliphatic carbocycles. The van der Waals surface area contributed by atoms with Crippen LogP contribution in [0.1, 0.15) is 43.1 Å². The highest BCUT2D eigenvalue weighted by molar-refractivity contribution is 9.10. The molecule has 0 amide bonds. The molecule has 1 aromatic rings. The van der Waals surface area contributed by atoms with Gasteiger partial charge < -0.3 is 9.88 Å². The van der Waals surface area contributed by atoms with Crippen molar-refractivity contribution >= 4 is 15.9 Å². The van der Waals surface area contributed by atoms with E-state index in [-0.39, 0.29) is 0 Å². The molecular weight excluding hydrogens is 266 g/mol. The minimum Gasteiger partial charge on any atom is -0.334 e. The number of halogens is 1. The Hall–Kier alpha value is -0.350. The molecule has 0 aliphatic heterocycles. The van der Waals surface area contributed by atoms with Gasteiger partial charge in [-0.2, -0.15) is 0 Å². The Bertz CT molecular complexity index is 353. The van der Waals surface area contributed by atoms with Crippen LogP contribution in [0, 0.1) is 0 Å². The normalized spacial score (nSPS) is 17.2. The molecule has 0 unspecified atom stereocenters. The zero-order chi connectivity index (χ0) is 11.5. The van der Waals surface area contributed by atoms with Gasteiger partial charge in [-0.15, -0.1) is 0 Å². The zero-order valence-electron chi connectivity index (χ0n) is 10.1. The van der Waals surface area contributed by atoms with E-state index in [0.717, 1.165) is 23.5 Å². The van der Waals surface area contributed by atoms with Crippen LogP contribution < -0.4 is 5.32 Å². The number of hydrogen-bond donors (Lipinski definition) is 1. The van der Waals surface area contributed by atoms with Crippen molar-refractivity contribution in [1.29, 1.82) is 0 Å². The first kappa shape index (κ1) is 12.1. The molecular formula is C12H20BrN3. The van der Waals surface area contributed by atoms with Crippen LogP contribution >= 0.6 is 15.9 Å². The molecule has 2 rings (SSSR count). The van der Waals surface area contributed by atoms with Gasteiger partial charge in [0.15, 0.2) is 0 Å². The van der Waals surface area contributed by atoms with Gasteiger partial charge in [-0.3, -0.25) is 0 Å². The minimum absolute atomic E-state index is 0.718. The molecule has 1 saturated carbocycles. The van der Waals surface area contributed by atoms with Crippen LogP contribution in [0.15, 0.2) is 4.60 Å².